The van der Waals surface area contributed by atoms with Crippen LogP contribution in [0, 0.1) is 0 Å². The van der Waals surface area contributed by atoms with Crippen molar-refractivity contribution in [3.05, 3.63) is 60.2 Å². The first-order valence-electron chi connectivity index (χ1n) is 6.63. The summed E-state index contributed by atoms with van der Waals surface area (Å²) in [5.41, 5.74) is 2.67. The highest BCUT2D eigenvalue weighted by Crippen LogP contribution is 2.31. The van der Waals surface area contributed by atoms with Crippen LogP contribution >= 0.6 is 11.3 Å². The summed E-state index contributed by atoms with van der Waals surface area (Å²) >= 11 is 1.48. The zero-order valence-electron chi connectivity index (χ0n) is 11.1. The van der Waals surface area contributed by atoms with Crippen LogP contribution in [0.3, 0.4) is 0 Å². The Balaban J connectivity index is 1.74. The van der Waals surface area contributed by atoms with Gasteiger partial charge in [0, 0.05) is 0 Å². The molecule has 0 atom stereocenters. The van der Waals surface area contributed by atoms with E-state index in [1.807, 2.05) is 54.6 Å². The third-order valence-electron chi connectivity index (χ3n) is 3.35. The first-order chi connectivity index (χ1) is 10.3. The largest absolute Gasteiger partial charge is 0.272 e. The molecule has 0 unspecified atom stereocenters. The van der Waals surface area contributed by atoms with E-state index in [9.17, 15) is 4.79 Å². The van der Waals surface area contributed by atoms with E-state index in [4.69, 9.17) is 0 Å². The molecule has 1 aromatic heterocycles. The third kappa shape index (κ3) is 2.11. The molecule has 0 bridgehead atoms. The SMILES string of the molecule is O=C1CC(c2ccccc2)=NN1c1nc2ccccc2s1. The summed E-state index contributed by atoms with van der Waals surface area (Å²) in [6.07, 6.45) is 0.319. The van der Waals surface area contributed by atoms with Crippen LogP contribution in [0.25, 0.3) is 10.2 Å². The molecule has 2 aromatic carbocycles. The van der Waals surface area contributed by atoms with Gasteiger partial charge in [-0.15, -0.1) is 0 Å². The van der Waals surface area contributed by atoms with E-state index in [-0.39, 0.29) is 5.91 Å². The Kier molecular flexibility index (Phi) is 2.79. The molecular weight excluding hydrogens is 282 g/mol. The lowest BCUT2D eigenvalue weighted by Crippen LogP contribution is -2.19. The Bertz CT molecular complexity index is 821. The first-order valence-corrected chi connectivity index (χ1v) is 7.44. The van der Waals surface area contributed by atoms with Crippen LogP contribution in [0.5, 0.6) is 0 Å². The van der Waals surface area contributed by atoms with Gasteiger partial charge >= 0.3 is 0 Å². The minimum absolute atomic E-state index is 0.0343. The lowest BCUT2D eigenvalue weighted by molar-refractivity contribution is -0.116. The predicted molar refractivity (Wildman–Crippen MR) is 84.7 cm³/mol. The summed E-state index contributed by atoms with van der Waals surface area (Å²) in [4.78, 5) is 16.7. The first kappa shape index (κ1) is 12.2. The molecule has 102 valence electrons. The minimum Gasteiger partial charge on any atom is -0.272 e. The Morgan fingerprint density at radius 2 is 1.76 bits per heavy atom. The fourth-order valence-electron chi connectivity index (χ4n) is 2.32. The number of anilines is 1. The van der Waals surface area contributed by atoms with Crippen molar-refractivity contribution in [1.29, 1.82) is 0 Å². The highest BCUT2D eigenvalue weighted by molar-refractivity contribution is 7.22. The number of hydrogen-bond donors (Lipinski definition) is 0. The lowest BCUT2D eigenvalue weighted by Gasteiger charge is -2.05. The Morgan fingerprint density at radius 3 is 2.57 bits per heavy atom. The van der Waals surface area contributed by atoms with E-state index < -0.39 is 0 Å². The second kappa shape index (κ2) is 4.79. The van der Waals surface area contributed by atoms with Crippen molar-refractivity contribution in [3.8, 4) is 0 Å². The van der Waals surface area contributed by atoms with Gasteiger partial charge in [-0.1, -0.05) is 53.8 Å². The Labute approximate surface area is 125 Å². The molecule has 1 amide bonds. The molecule has 0 spiro atoms. The number of rotatable bonds is 2. The van der Waals surface area contributed by atoms with Crippen LogP contribution in [0.1, 0.15) is 12.0 Å². The van der Waals surface area contributed by atoms with E-state index in [1.54, 1.807) is 0 Å². The molecule has 0 aliphatic carbocycles. The van der Waals surface area contributed by atoms with Crippen LogP contribution < -0.4 is 5.01 Å². The van der Waals surface area contributed by atoms with Gasteiger partial charge in [0.05, 0.1) is 22.3 Å². The number of amides is 1. The molecule has 3 aromatic rings. The Hall–Kier alpha value is -2.53. The average Bonchev–Trinajstić information content (AvgIpc) is 3.11. The number of carbonyl (C=O) groups excluding carboxylic acids is 1. The molecule has 21 heavy (non-hydrogen) atoms. The average molecular weight is 293 g/mol. The van der Waals surface area contributed by atoms with Gasteiger partial charge in [-0.3, -0.25) is 4.79 Å². The molecule has 0 saturated heterocycles. The fourth-order valence-corrected chi connectivity index (χ4v) is 3.26. The molecule has 4 rings (SSSR count). The maximum atomic E-state index is 12.2. The van der Waals surface area contributed by atoms with Crippen molar-refractivity contribution in [2.24, 2.45) is 5.10 Å². The third-order valence-corrected chi connectivity index (χ3v) is 4.36. The molecule has 0 fully saturated rings. The Morgan fingerprint density at radius 1 is 1.00 bits per heavy atom. The van der Waals surface area contributed by atoms with Gasteiger partial charge in [-0.2, -0.15) is 10.1 Å². The molecule has 1 aliphatic heterocycles. The van der Waals surface area contributed by atoms with Crippen LogP contribution in [0.2, 0.25) is 0 Å². The standard InChI is InChI=1S/C16H11N3OS/c20-15-10-13(11-6-2-1-3-7-11)18-19(15)16-17-12-8-4-5-9-14(12)21-16/h1-9H,10H2. The summed E-state index contributed by atoms with van der Waals surface area (Å²) in [5.74, 6) is -0.0343. The van der Waals surface area contributed by atoms with Gasteiger partial charge in [0.25, 0.3) is 5.91 Å². The van der Waals surface area contributed by atoms with Crippen molar-refractivity contribution < 1.29 is 4.79 Å². The topological polar surface area (TPSA) is 45.6 Å². The fraction of sp³-hybridized carbons (Fsp3) is 0.0625. The van der Waals surface area contributed by atoms with E-state index >= 15 is 0 Å². The maximum Gasteiger partial charge on any atom is 0.255 e. The monoisotopic (exact) mass is 293 g/mol. The highest BCUT2D eigenvalue weighted by atomic mass is 32.1. The van der Waals surface area contributed by atoms with Gasteiger partial charge < -0.3 is 0 Å². The molecule has 5 heteroatoms. The van der Waals surface area contributed by atoms with Crippen molar-refractivity contribution in [2.75, 3.05) is 5.01 Å². The second-order valence-electron chi connectivity index (χ2n) is 4.76. The number of fused-ring (bicyclic) bond motifs is 1. The van der Waals surface area contributed by atoms with Gasteiger partial charge in [-0.25, -0.2) is 4.98 Å². The van der Waals surface area contributed by atoms with Gasteiger partial charge in [0.2, 0.25) is 5.13 Å². The number of aromatic nitrogens is 1. The zero-order valence-corrected chi connectivity index (χ0v) is 11.9. The summed E-state index contributed by atoms with van der Waals surface area (Å²) in [6.45, 7) is 0. The number of benzene rings is 2. The van der Waals surface area contributed by atoms with Gasteiger partial charge in [0.15, 0.2) is 0 Å². The van der Waals surface area contributed by atoms with Crippen LogP contribution in [-0.4, -0.2) is 16.6 Å². The summed E-state index contributed by atoms with van der Waals surface area (Å²) in [7, 11) is 0. The maximum absolute atomic E-state index is 12.2. The van der Waals surface area contributed by atoms with Crippen molar-refractivity contribution in [2.45, 2.75) is 6.42 Å². The van der Waals surface area contributed by atoms with Crippen molar-refractivity contribution in [3.63, 3.8) is 0 Å². The van der Waals surface area contributed by atoms with Gasteiger partial charge in [0.1, 0.15) is 0 Å². The minimum atomic E-state index is -0.0343. The van der Waals surface area contributed by atoms with Crippen molar-refractivity contribution in [1.82, 2.24) is 4.98 Å². The van der Waals surface area contributed by atoms with Crippen LogP contribution in [-0.2, 0) is 4.79 Å². The molecular formula is C16H11N3OS. The number of carbonyl (C=O) groups is 1. The molecule has 0 radical (unpaired) electrons. The lowest BCUT2D eigenvalue weighted by atomic mass is 10.1. The normalized spacial score (nSPS) is 14.8. The van der Waals surface area contributed by atoms with Crippen molar-refractivity contribution >= 4 is 38.3 Å². The van der Waals surface area contributed by atoms with Crippen LogP contribution in [0.15, 0.2) is 59.7 Å². The van der Waals surface area contributed by atoms with E-state index in [0.717, 1.165) is 21.5 Å². The summed E-state index contributed by atoms with van der Waals surface area (Å²) < 4.78 is 1.06. The number of para-hydroxylation sites is 1. The summed E-state index contributed by atoms with van der Waals surface area (Å²) in [6, 6.07) is 17.6. The van der Waals surface area contributed by atoms with Gasteiger partial charge in [-0.05, 0) is 17.7 Å². The zero-order chi connectivity index (χ0) is 14.2. The molecule has 0 N–H and O–H groups in total. The van der Waals surface area contributed by atoms with E-state index in [1.165, 1.54) is 16.3 Å². The molecule has 2 heterocycles. The quantitative estimate of drug-likeness (QED) is 0.726. The summed E-state index contributed by atoms with van der Waals surface area (Å²) in [5, 5.41) is 6.51. The molecule has 1 aliphatic rings. The number of thiazole rings is 1. The number of hydrogen-bond acceptors (Lipinski definition) is 4. The van der Waals surface area contributed by atoms with E-state index in [2.05, 4.69) is 10.1 Å². The second-order valence-corrected chi connectivity index (χ2v) is 5.77. The van der Waals surface area contributed by atoms with E-state index in [0.29, 0.717) is 11.6 Å². The number of nitrogens with zero attached hydrogens (tertiary/aromatic N) is 3. The smallest absolute Gasteiger partial charge is 0.255 e. The predicted octanol–water partition coefficient (Wildman–Crippen LogP) is 3.44. The number of hydrazone groups is 1. The van der Waals surface area contributed by atoms with Crippen LogP contribution in [0.4, 0.5) is 5.13 Å². The molecule has 0 saturated carbocycles. The molecule has 4 nitrogen and oxygen atoms in total. The highest BCUT2D eigenvalue weighted by Gasteiger charge is 2.28.